The molecule has 0 aliphatic heterocycles. The maximum absolute atomic E-state index is 12.4. The number of aryl methyl sites for hydroxylation is 3. The normalized spacial score (nSPS) is 10.7. The molecule has 2 heterocycles. The highest BCUT2D eigenvalue weighted by molar-refractivity contribution is 7.99. The van der Waals surface area contributed by atoms with E-state index >= 15 is 0 Å². The molecule has 1 N–H and O–H groups in total. The molecule has 8 nitrogen and oxygen atoms in total. The van der Waals surface area contributed by atoms with E-state index in [1.807, 2.05) is 19.9 Å². The highest BCUT2D eigenvalue weighted by Gasteiger charge is 2.13. The zero-order valence-corrected chi connectivity index (χ0v) is 16.3. The quantitative estimate of drug-likeness (QED) is 0.510. The first-order chi connectivity index (χ1) is 12.9. The van der Waals surface area contributed by atoms with Gasteiger partial charge in [-0.1, -0.05) is 11.8 Å². The highest BCUT2D eigenvalue weighted by atomic mass is 32.2. The fourth-order valence-corrected chi connectivity index (χ4v) is 3.18. The third kappa shape index (κ3) is 4.82. The van der Waals surface area contributed by atoms with Gasteiger partial charge in [0.1, 0.15) is 5.75 Å². The number of nitrogens with zero attached hydrogens (tertiary/aromatic N) is 4. The van der Waals surface area contributed by atoms with Gasteiger partial charge in [0.25, 0.3) is 0 Å². The Morgan fingerprint density at radius 3 is 2.52 bits per heavy atom. The van der Waals surface area contributed by atoms with Gasteiger partial charge < -0.3 is 14.5 Å². The molecule has 9 heteroatoms. The zero-order chi connectivity index (χ0) is 19.4. The molecule has 0 fully saturated rings. The van der Waals surface area contributed by atoms with Gasteiger partial charge in [0.2, 0.25) is 17.7 Å². The number of nitrogens with one attached hydrogen (secondary N) is 1. The van der Waals surface area contributed by atoms with E-state index in [0.29, 0.717) is 33.9 Å². The Hall–Kier alpha value is -2.94. The molecule has 1 amide bonds. The van der Waals surface area contributed by atoms with Crippen LogP contribution in [0.4, 0.5) is 5.69 Å². The minimum absolute atomic E-state index is 0.177. The maximum Gasteiger partial charge on any atom is 0.247 e. The first kappa shape index (κ1) is 18.8. The summed E-state index contributed by atoms with van der Waals surface area (Å²) in [7, 11) is 1.54. The number of benzene rings is 1. The number of thioether (sulfide) groups is 1. The molecule has 0 saturated heterocycles. The predicted molar refractivity (Wildman–Crippen MR) is 102 cm³/mol. The Bertz CT molecular complexity index is 953. The van der Waals surface area contributed by atoms with Crippen molar-refractivity contribution in [3.8, 4) is 17.2 Å². The number of aromatic nitrogens is 4. The number of hydrogen-bond donors (Lipinski definition) is 1. The van der Waals surface area contributed by atoms with Gasteiger partial charge in [0.15, 0.2) is 5.16 Å². The fraction of sp³-hybridized carbons (Fsp3) is 0.278. The zero-order valence-electron chi connectivity index (χ0n) is 15.4. The van der Waals surface area contributed by atoms with Crippen molar-refractivity contribution in [2.24, 2.45) is 0 Å². The molecule has 0 spiro atoms. The number of ether oxygens (including phenoxy) is 1. The van der Waals surface area contributed by atoms with E-state index in [2.05, 4.69) is 25.5 Å². The van der Waals surface area contributed by atoms with Crippen molar-refractivity contribution in [1.82, 2.24) is 20.2 Å². The van der Waals surface area contributed by atoms with Gasteiger partial charge in [0.05, 0.1) is 18.6 Å². The first-order valence-electron chi connectivity index (χ1n) is 8.18. The van der Waals surface area contributed by atoms with Crippen molar-refractivity contribution in [1.29, 1.82) is 0 Å². The Kier molecular flexibility index (Phi) is 5.70. The molecule has 2 aromatic heterocycles. The van der Waals surface area contributed by atoms with E-state index < -0.39 is 0 Å². The second-order valence-electron chi connectivity index (χ2n) is 5.81. The van der Waals surface area contributed by atoms with Crippen molar-refractivity contribution < 1.29 is 13.9 Å². The van der Waals surface area contributed by atoms with Crippen molar-refractivity contribution >= 4 is 23.4 Å². The van der Waals surface area contributed by atoms with Crippen molar-refractivity contribution in [2.45, 2.75) is 25.9 Å². The average Bonchev–Trinajstić information content (AvgIpc) is 3.05. The Balaban J connectivity index is 1.72. The third-order valence-electron chi connectivity index (χ3n) is 3.54. The molecule has 3 rings (SSSR count). The first-order valence-corrected chi connectivity index (χ1v) is 9.16. The number of anilines is 1. The summed E-state index contributed by atoms with van der Waals surface area (Å²) < 4.78 is 10.8. The van der Waals surface area contributed by atoms with Crippen LogP contribution >= 0.6 is 11.8 Å². The predicted octanol–water partition coefficient (Wildman–Crippen LogP) is 3.19. The summed E-state index contributed by atoms with van der Waals surface area (Å²) in [6, 6.07) is 7.16. The molecule has 0 aliphatic rings. The Morgan fingerprint density at radius 1 is 1.15 bits per heavy atom. The van der Waals surface area contributed by atoms with Crippen LogP contribution in [0.3, 0.4) is 0 Å². The van der Waals surface area contributed by atoms with E-state index in [0.717, 1.165) is 11.4 Å². The van der Waals surface area contributed by atoms with Gasteiger partial charge in [-0.3, -0.25) is 4.79 Å². The van der Waals surface area contributed by atoms with Crippen LogP contribution in [0.15, 0.2) is 33.8 Å². The summed E-state index contributed by atoms with van der Waals surface area (Å²) in [5.74, 6) is 1.37. The molecular formula is C18H19N5O3S. The second-order valence-corrected chi connectivity index (χ2v) is 6.75. The molecular weight excluding hydrogens is 366 g/mol. The number of carbonyl (C=O) groups excluding carboxylic acids is 1. The molecule has 0 radical (unpaired) electrons. The smallest absolute Gasteiger partial charge is 0.247 e. The van der Waals surface area contributed by atoms with E-state index in [1.165, 1.54) is 11.8 Å². The van der Waals surface area contributed by atoms with E-state index in [4.69, 9.17) is 9.15 Å². The average molecular weight is 385 g/mol. The van der Waals surface area contributed by atoms with Gasteiger partial charge >= 0.3 is 0 Å². The van der Waals surface area contributed by atoms with Crippen LogP contribution in [0.1, 0.15) is 17.3 Å². The minimum Gasteiger partial charge on any atom is -0.495 e. The van der Waals surface area contributed by atoms with Crippen LogP contribution in [0.5, 0.6) is 5.75 Å². The molecule has 0 atom stereocenters. The van der Waals surface area contributed by atoms with Gasteiger partial charge in [-0.15, -0.1) is 10.2 Å². The number of hydrogen-bond acceptors (Lipinski definition) is 8. The van der Waals surface area contributed by atoms with Crippen LogP contribution in [0.25, 0.3) is 11.5 Å². The Labute approximate surface area is 160 Å². The molecule has 3 aromatic rings. The lowest BCUT2D eigenvalue weighted by Gasteiger charge is -2.11. The second kappa shape index (κ2) is 8.17. The molecule has 0 bridgehead atoms. The van der Waals surface area contributed by atoms with Gasteiger partial charge in [0, 0.05) is 23.9 Å². The van der Waals surface area contributed by atoms with E-state index in [1.54, 1.807) is 32.2 Å². The number of amides is 1. The molecule has 1 aromatic carbocycles. The third-order valence-corrected chi connectivity index (χ3v) is 4.39. The van der Waals surface area contributed by atoms with Crippen LogP contribution < -0.4 is 10.1 Å². The lowest BCUT2D eigenvalue weighted by molar-refractivity contribution is -0.113. The van der Waals surface area contributed by atoms with Crippen LogP contribution in [0, 0.1) is 20.8 Å². The molecule has 0 aliphatic carbocycles. The highest BCUT2D eigenvalue weighted by Crippen LogP contribution is 2.30. The van der Waals surface area contributed by atoms with Crippen molar-refractivity contribution in [2.75, 3.05) is 18.2 Å². The van der Waals surface area contributed by atoms with Crippen molar-refractivity contribution in [3.63, 3.8) is 0 Å². The summed E-state index contributed by atoms with van der Waals surface area (Å²) in [5.41, 5.74) is 2.96. The van der Waals surface area contributed by atoms with Crippen LogP contribution in [-0.2, 0) is 4.79 Å². The number of rotatable bonds is 6. The monoisotopic (exact) mass is 385 g/mol. The summed E-state index contributed by atoms with van der Waals surface area (Å²) in [6.07, 6.45) is 0. The van der Waals surface area contributed by atoms with Gasteiger partial charge in [-0.05, 0) is 38.1 Å². The van der Waals surface area contributed by atoms with Gasteiger partial charge in [-0.25, -0.2) is 9.97 Å². The molecule has 140 valence electrons. The summed E-state index contributed by atoms with van der Waals surface area (Å²) in [5, 5.41) is 11.2. The summed E-state index contributed by atoms with van der Waals surface area (Å²) >= 11 is 1.28. The number of methoxy groups -OCH3 is 1. The standard InChI is InChI=1S/C18H19N5O3S/c1-10-7-11(2)20-18(19-10)27-9-16(24)21-14-8-13(5-6-15(14)25-4)17-23-22-12(3)26-17/h5-8H,9H2,1-4H3,(H,21,24). The summed E-state index contributed by atoms with van der Waals surface area (Å²) in [4.78, 5) is 21.0. The molecule has 27 heavy (non-hydrogen) atoms. The van der Waals surface area contributed by atoms with Crippen molar-refractivity contribution in [3.05, 3.63) is 41.5 Å². The topological polar surface area (TPSA) is 103 Å². The number of carbonyl (C=O) groups is 1. The minimum atomic E-state index is -0.195. The van der Waals surface area contributed by atoms with E-state index in [-0.39, 0.29) is 11.7 Å². The van der Waals surface area contributed by atoms with Crippen LogP contribution in [0.2, 0.25) is 0 Å². The fourth-order valence-electron chi connectivity index (χ4n) is 2.43. The maximum atomic E-state index is 12.4. The van der Waals surface area contributed by atoms with Gasteiger partial charge in [-0.2, -0.15) is 0 Å². The lowest BCUT2D eigenvalue weighted by Crippen LogP contribution is -2.15. The molecule has 0 saturated carbocycles. The van der Waals surface area contributed by atoms with Crippen LogP contribution in [-0.4, -0.2) is 38.9 Å². The molecule has 0 unspecified atom stereocenters. The van der Waals surface area contributed by atoms with E-state index in [9.17, 15) is 4.79 Å². The largest absolute Gasteiger partial charge is 0.495 e. The lowest BCUT2D eigenvalue weighted by atomic mass is 10.2. The summed E-state index contributed by atoms with van der Waals surface area (Å²) in [6.45, 7) is 5.51. The Morgan fingerprint density at radius 2 is 1.89 bits per heavy atom. The SMILES string of the molecule is COc1ccc(-c2nnc(C)o2)cc1NC(=O)CSc1nc(C)cc(C)n1.